The van der Waals surface area contributed by atoms with Gasteiger partial charge in [-0.05, 0) is 0 Å². The Kier molecular flexibility index (Phi) is 7.79. The fourth-order valence-corrected chi connectivity index (χ4v) is 0. The van der Waals surface area contributed by atoms with Gasteiger partial charge < -0.3 is 0 Å². The van der Waals surface area contributed by atoms with Crippen LogP contribution in [0.2, 0.25) is 0 Å². The average molecular weight is 97.0 g/mol. The van der Waals surface area contributed by atoms with E-state index in [1.54, 1.807) is 0 Å². The minimum atomic E-state index is -3.67. The lowest BCUT2D eigenvalue weighted by Crippen LogP contribution is -1.65. The van der Waals surface area contributed by atoms with Crippen LogP contribution >= 0.6 is 0 Å². The van der Waals surface area contributed by atoms with Crippen LogP contribution < -0.4 is 0 Å². The zero-order valence-corrected chi connectivity index (χ0v) is 3.44. The van der Waals surface area contributed by atoms with Crippen LogP contribution in [0.25, 0.3) is 0 Å². The maximum absolute atomic E-state index is 9.67. The molecule has 0 aliphatic carbocycles. The van der Waals surface area contributed by atoms with E-state index in [9.17, 15) is 13.2 Å². The van der Waals surface area contributed by atoms with Gasteiger partial charge >= 0.3 is 6.68 Å². The third-order valence-electron chi connectivity index (χ3n) is 0. The lowest BCUT2D eigenvalue weighted by Gasteiger charge is -1.65. The molecule has 0 aliphatic rings. The molecule has 4 heteroatoms. The van der Waals surface area contributed by atoms with Crippen molar-refractivity contribution in [3.8, 4) is 0 Å². The van der Waals surface area contributed by atoms with Gasteiger partial charge in [-0.1, -0.05) is 0 Å². The maximum atomic E-state index is 9.67. The van der Waals surface area contributed by atoms with Crippen molar-refractivity contribution in [3.05, 3.63) is 0 Å². The van der Waals surface area contributed by atoms with Crippen molar-refractivity contribution >= 4 is 17.4 Å². The summed E-state index contributed by atoms with van der Waals surface area (Å²) in [6, 6.07) is 0. The van der Waals surface area contributed by atoms with E-state index in [-0.39, 0.29) is 17.4 Å². The summed E-state index contributed by atoms with van der Waals surface area (Å²) in [5.74, 6) is 0. The summed E-state index contributed by atoms with van der Waals surface area (Å²) in [6.45, 7) is -3.67. The molecule has 3 radical (unpaired) electrons. The number of halogens is 3. The highest BCUT2D eigenvalue weighted by molar-refractivity contribution is 5.75. The highest BCUT2D eigenvalue weighted by Crippen LogP contribution is 1.87. The normalized spacial score (nSPS) is 7.20. The number of alkyl halides is 3. The monoisotopic (exact) mass is 97.0 g/mol. The van der Waals surface area contributed by atoms with Gasteiger partial charge in [-0.25, -0.2) is 0 Å². The summed E-state index contributed by atoms with van der Waals surface area (Å²) in [6.07, 6.45) is 0. The second-order valence-electron chi connectivity index (χ2n) is 0.247. The number of hydrogen-bond acceptors (Lipinski definition) is 0. The minimum absolute atomic E-state index is 0. The quantitative estimate of drug-likeness (QED) is 0.392. The predicted molar refractivity (Wildman–Crippen MR) is 12.9 cm³/mol. The number of rotatable bonds is 0. The Morgan fingerprint density at radius 3 is 1.00 bits per heavy atom. The molecule has 0 aromatic heterocycles. The van der Waals surface area contributed by atoms with Crippen LogP contribution in [0.3, 0.4) is 0 Å². The summed E-state index contributed by atoms with van der Waals surface area (Å²) in [5, 5.41) is 0. The molecule has 0 amide bonds. The fraction of sp³-hybridized carbons (Fsp3) is 1.00. The van der Waals surface area contributed by atoms with E-state index in [0.717, 1.165) is 0 Å². The van der Waals surface area contributed by atoms with Crippen molar-refractivity contribution in [1.29, 1.82) is 0 Å². The van der Waals surface area contributed by atoms with E-state index in [2.05, 4.69) is 0 Å². The highest BCUT2D eigenvalue weighted by Gasteiger charge is 1.86. The van der Waals surface area contributed by atoms with E-state index < -0.39 is 6.68 Å². The van der Waals surface area contributed by atoms with Crippen molar-refractivity contribution in [2.75, 3.05) is 0 Å². The van der Waals surface area contributed by atoms with Gasteiger partial charge in [0.2, 0.25) is 0 Å². The molecule has 0 saturated heterocycles. The van der Waals surface area contributed by atoms with Gasteiger partial charge in [-0.3, -0.25) is 0 Å². The fourth-order valence-electron chi connectivity index (χ4n) is 0. The summed E-state index contributed by atoms with van der Waals surface area (Å²) in [4.78, 5) is 0. The maximum Gasteiger partial charge on any atom is 0.379 e. The molecule has 0 spiro atoms. The topological polar surface area (TPSA) is 0 Å². The minimum Gasteiger partial charge on any atom is -0.174 e. The van der Waals surface area contributed by atoms with Crippen LogP contribution in [0, 0.1) is 0 Å². The van der Waals surface area contributed by atoms with E-state index in [1.807, 2.05) is 0 Å². The molecule has 0 fully saturated rings. The van der Waals surface area contributed by atoms with Gasteiger partial charge in [0.05, 0.1) is 0 Å². The van der Waals surface area contributed by atoms with E-state index in [1.165, 1.54) is 0 Å². The van der Waals surface area contributed by atoms with Gasteiger partial charge in [-0.2, -0.15) is 13.2 Å². The third-order valence-corrected chi connectivity index (χ3v) is 0. The number of hydrogen-bond donors (Lipinski definition) is 0. The second-order valence-corrected chi connectivity index (χ2v) is 0.247. The van der Waals surface area contributed by atoms with Crippen molar-refractivity contribution in [3.63, 3.8) is 0 Å². The van der Waals surface area contributed by atoms with Crippen LogP contribution in [0.1, 0.15) is 0 Å². The molecular weight excluding hydrogens is 96.0 g/mol. The Balaban J connectivity index is 0. The molecule has 0 unspecified atom stereocenters. The molecule has 0 aliphatic heterocycles. The van der Waals surface area contributed by atoms with Gasteiger partial charge in [0.1, 0.15) is 0 Å². The molecule has 0 nitrogen and oxygen atoms in total. The molecule has 5 heavy (non-hydrogen) atoms. The van der Waals surface area contributed by atoms with E-state index >= 15 is 0 Å². The van der Waals surface area contributed by atoms with Crippen LogP contribution in [-0.2, 0) is 0 Å². The SMILES string of the molecule is FC(F)F.[Al]. The Labute approximate surface area is 38.1 Å². The predicted octanol–water partition coefficient (Wildman–Crippen LogP) is 0.798. The van der Waals surface area contributed by atoms with Crippen LogP contribution in [0.4, 0.5) is 13.2 Å². The first-order valence-electron chi connectivity index (χ1n) is 0.655. The van der Waals surface area contributed by atoms with Crippen molar-refractivity contribution in [2.45, 2.75) is 6.68 Å². The molecule has 0 saturated carbocycles. The molecule has 0 rings (SSSR count). The molecule has 0 atom stereocenters. The molecular formula is CHAlF3. The van der Waals surface area contributed by atoms with Gasteiger partial charge in [-0.15, -0.1) is 0 Å². The smallest absolute Gasteiger partial charge is 0.174 e. The Bertz CT molecular complexity index is 11.6. The van der Waals surface area contributed by atoms with Gasteiger partial charge in [0.15, 0.2) is 0 Å². The van der Waals surface area contributed by atoms with Crippen molar-refractivity contribution < 1.29 is 13.2 Å². The largest absolute Gasteiger partial charge is 0.379 e. The average Bonchev–Trinajstić information content (AvgIpc) is 0.811. The van der Waals surface area contributed by atoms with Gasteiger partial charge in [0, 0.05) is 17.4 Å². The zero-order valence-electron chi connectivity index (χ0n) is 2.29. The van der Waals surface area contributed by atoms with E-state index in [0.29, 0.717) is 0 Å². The first-order chi connectivity index (χ1) is 1.73. The van der Waals surface area contributed by atoms with Crippen molar-refractivity contribution in [1.82, 2.24) is 0 Å². The van der Waals surface area contributed by atoms with Crippen LogP contribution in [-0.4, -0.2) is 24.0 Å². The Morgan fingerprint density at radius 2 is 1.00 bits per heavy atom. The summed E-state index contributed by atoms with van der Waals surface area (Å²) >= 11 is 0. The molecule has 0 N–H and O–H groups in total. The summed E-state index contributed by atoms with van der Waals surface area (Å²) in [7, 11) is 0. The van der Waals surface area contributed by atoms with Crippen LogP contribution in [0.15, 0.2) is 0 Å². The highest BCUT2D eigenvalue weighted by atomic mass is 27.0. The molecule has 0 heterocycles. The molecule has 0 bridgehead atoms. The van der Waals surface area contributed by atoms with Crippen molar-refractivity contribution in [2.24, 2.45) is 0 Å². The first kappa shape index (κ1) is 9.01. The molecule has 29 valence electrons. The van der Waals surface area contributed by atoms with E-state index in [4.69, 9.17) is 0 Å². The Hall–Kier alpha value is 0.322. The lowest BCUT2D eigenvalue weighted by atomic mass is 11.6. The Morgan fingerprint density at radius 1 is 1.00 bits per heavy atom. The second kappa shape index (κ2) is 4.32. The van der Waals surface area contributed by atoms with Gasteiger partial charge in [0.25, 0.3) is 0 Å². The zero-order chi connectivity index (χ0) is 3.58. The lowest BCUT2D eigenvalue weighted by molar-refractivity contribution is 0.00819. The summed E-state index contributed by atoms with van der Waals surface area (Å²) in [5.41, 5.74) is 0. The standard InChI is InChI=1S/CHF3.Al/c2-1(3)4;/h1H;. The summed E-state index contributed by atoms with van der Waals surface area (Å²) < 4.78 is 29.0. The van der Waals surface area contributed by atoms with Crippen LogP contribution in [0.5, 0.6) is 0 Å². The first-order valence-corrected chi connectivity index (χ1v) is 0.655. The molecule has 0 aromatic rings. The third kappa shape index (κ3) is 224. The molecule has 0 aromatic carbocycles.